The van der Waals surface area contributed by atoms with Crippen LogP contribution in [0.5, 0.6) is 0 Å². The summed E-state index contributed by atoms with van der Waals surface area (Å²) in [6.45, 7) is 2.30. The molecule has 0 aromatic carbocycles. The van der Waals surface area contributed by atoms with Crippen LogP contribution in [0, 0.1) is 0 Å². The van der Waals surface area contributed by atoms with Gasteiger partial charge in [-0.25, -0.2) is 4.98 Å². The minimum Gasteiger partial charge on any atom is -0.383 e. The number of aromatic nitrogens is 1. The van der Waals surface area contributed by atoms with Crippen molar-refractivity contribution in [3.05, 3.63) is 23.9 Å². The van der Waals surface area contributed by atoms with E-state index >= 15 is 0 Å². The molecule has 2 N–H and O–H groups in total. The van der Waals surface area contributed by atoms with E-state index in [1.54, 1.807) is 14.2 Å². The Morgan fingerprint density at radius 2 is 2.33 bits per heavy atom. The fourth-order valence-corrected chi connectivity index (χ4v) is 1.93. The second kappa shape index (κ2) is 8.91. The summed E-state index contributed by atoms with van der Waals surface area (Å²) in [4.78, 5) is 15.4. The largest absolute Gasteiger partial charge is 0.383 e. The van der Waals surface area contributed by atoms with Gasteiger partial charge in [0.05, 0.1) is 17.4 Å². The van der Waals surface area contributed by atoms with Gasteiger partial charge in [0.2, 0.25) is 5.91 Å². The van der Waals surface area contributed by atoms with Crippen molar-refractivity contribution >= 4 is 17.7 Å². The second-order valence-electron chi connectivity index (χ2n) is 3.64. The number of pyridine rings is 1. The SMILES string of the molecule is CNC(=O)CSc1ccc(CNCCOC)cn1. The van der Waals surface area contributed by atoms with Crippen LogP contribution < -0.4 is 10.6 Å². The van der Waals surface area contributed by atoms with Crippen LogP contribution in [-0.2, 0) is 16.1 Å². The molecule has 0 aliphatic rings. The van der Waals surface area contributed by atoms with Crippen LogP contribution in [0.2, 0.25) is 0 Å². The quantitative estimate of drug-likeness (QED) is 0.536. The molecule has 5 nitrogen and oxygen atoms in total. The molecule has 0 aliphatic carbocycles. The van der Waals surface area contributed by atoms with Gasteiger partial charge in [0, 0.05) is 33.4 Å². The van der Waals surface area contributed by atoms with Gasteiger partial charge in [0.15, 0.2) is 0 Å². The molecule has 0 saturated carbocycles. The lowest BCUT2D eigenvalue weighted by Crippen LogP contribution is -2.19. The maximum Gasteiger partial charge on any atom is 0.230 e. The molecule has 1 heterocycles. The summed E-state index contributed by atoms with van der Waals surface area (Å²) in [5.41, 5.74) is 1.12. The van der Waals surface area contributed by atoms with E-state index in [0.717, 1.165) is 23.7 Å². The number of hydrogen-bond donors (Lipinski definition) is 2. The number of nitrogens with zero attached hydrogens (tertiary/aromatic N) is 1. The van der Waals surface area contributed by atoms with Gasteiger partial charge in [0.1, 0.15) is 0 Å². The summed E-state index contributed by atoms with van der Waals surface area (Å²) < 4.78 is 4.94. The minimum absolute atomic E-state index is 0.00658. The lowest BCUT2D eigenvalue weighted by atomic mass is 10.3. The van der Waals surface area contributed by atoms with E-state index in [2.05, 4.69) is 15.6 Å². The monoisotopic (exact) mass is 269 g/mol. The van der Waals surface area contributed by atoms with Gasteiger partial charge in [-0.15, -0.1) is 0 Å². The summed E-state index contributed by atoms with van der Waals surface area (Å²) in [6.07, 6.45) is 1.83. The van der Waals surface area contributed by atoms with Crippen molar-refractivity contribution in [2.45, 2.75) is 11.6 Å². The molecular formula is C12H19N3O2S. The first-order valence-corrected chi connectivity index (χ1v) is 6.72. The van der Waals surface area contributed by atoms with Crippen molar-refractivity contribution in [2.75, 3.05) is 33.1 Å². The number of hydrogen-bond acceptors (Lipinski definition) is 5. The molecule has 0 saturated heterocycles. The highest BCUT2D eigenvalue weighted by Gasteiger charge is 2.01. The average Bonchev–Trinajstić information content (AvgIpc) is 2.42. The Kier molecular flexibility index (Phi) is 7.40. The van der Waals surface area contributed by atoms with E-state index in [1.807, 2.05) is 18.3 Å². The number of nitrogens with one attached hydrogen (secondary N) is 2. The maximum atomic E-state index is 11.1. The predicted octanol–water partition coefficient (Wildman–Crippen LogP) is 0.656. The van der Waals surface area contributed by atoms with E-state index in [0.29, 0.717) is 12.4 Å². The van der Waals surface area contributed by atoms with Crippen LogP contribution in [-0.4, -0.2) is 44.0 Å². The molecule has 0 unspecified atom stereocenters. The van der Waals surface area contributed by atoms with E-state index < -0.39 is 0 Å². The highest BCUT2D eigenvalue weighted by molar-refractivity contribution is 7.99. The lowest BCUT2D eigenvalue weighted by molar-refractivity contribution is -0.118. The topological polar surface area (TPSA) is 63.2 Å². The first kappa shape index (κ1) is 14.9. The Morgan fingerprint density at radius 3 is 2.94 bits per heavy atom. The molecule has 0 spiro atoms. The Hall–Kier alpha value is -1.11. The predicted molar refractivity (Wildman–Crippen MR) is 72.6 cm³/mol. The molecule has 0 bridgehead atoms. The van der Waals surface area contributed by atoms with Gasteiger partial charge in [-0.2, -0.15) is 0 Å². The number of ether oxygens (including phenoxy) is 1. The summed E-state index contributed by atoms with van der Waals surface area (Å²) in [7, 11) is 3.31. The zero-order valence-corrected chi connectivity index (χ0v) is 11.5. The van der Waals surface area contributed by atoms with Crippen LogP contribution in [0.3, 0.4) is 0 Å². The molecule has 18 heavy (non-hydrogen) atoms. The molecule has 0 radical (unpaired) electrons. The Labute approximate surface area is 112 Å². The van der Waals surface area contributed by atoms with Gasteiger partial charge in [0.25, 0.3) is 0 Å². The van der Waals surface area contributed by atoms with Crippen LogP contribution in [0.4, 0.5) is 0 Å². The summed E-state index contributed by atoms with van der Waals surface area (Å²) in [6, 6.07) is 3.94. The number of rotatable bonds is 8. The zero-order valence-electron chi connectivity index (χ0n) is 10.7. The first-order chi connectivity index (χ1) is 8.76. The van der Waals surface area contributed by atoms with Crippen LogP contribution in [0.1, 0.15) is 5.56 Å². The molecule has 6 heteroatoms. The Bertz CT molecular complexity index is 357. The zero-order chi connectivity index (χ0) is 13.2. The Morgan fingerprint density at radius 1 is 1.50 bits per heavy atom. The summed E-state index contributed by atoms with van der Waals surface area (Å²) in [5, 5.41) is 6.68. The van der Waals surface area contributed by atoms with Crippen molar-refractivity contribution in [2.24, 2.45) is 0 Å². The van der Waals surface area contributed by atoms with Crippen molar-refractivity contribution in [1.82, 2.24) is 15.6 Å². The van der Waals surface area contributed by atoms with Gasteiger partial charge < -0.3 is 15.4 Å². The fourth-order valence-electron chi connectivity index (χ4n) is 1.22. The average molecular weight is 269 g/mol. The standard InChI is InChI=1S/C12H19N3O2S/c1-13-11(16)9-18-12-4-3-10(8-15-12)7-14-5-6-17-2/h3-4,8,14H,5-7,9H2,1-2H3,(H,13,16). The normalized spacial score (nSPS) is 10.3. The fraction of sp³-hybridized carbons (Fsp3) is 0.500. The molecule has 0 atom stereocenters. The van der Waals surface area contributed by atoms with E-state index in [4.69, 9.17) is 4.74 Å². The maximum absolute atomic E-state index is 11.1. The molecule has 0 aliphatic heterocycles. The van der Waals surface area contributed by atoms with E-state index in [-0.39, 0.29) is 5.91 Å². The van der Waals surface area contributed by atoms with Crippen molar-refractivity contribution in [1.29, 1.82) is 0 Å². The molecule has 0 fully saturated rings. The third-order valence-corrected chi connectivity index (χ3v) is 3.18. The van der Waals surface area contributed by atoms with Crippen LogP contribution in [0.25, 0.3) is 0 Å². The van der Waals surface area contributed by atoms with Crippen molar-refractivity contribution < 1.29 is 9.53 Å². The smallest absolute Gasteiger partial charge is 0.230 e. The van der Waals surface area contributed by atoms with E-state index in [1.165, 1.54) is 11.8 Å². The number of carbonyl (C=O) groups is 1. The lowest BCUT2D eigenvalue weighted by Gasteiger charge is -2.05. The molecule has 1 aromatic rings. The molecule has 1 amide bonds. The molecule has 1 rings (SSSR count). The third-order valence-electron chi connectivity index (χ3n) is 2.24. The number of carbonyl (C=O) groups excluding carboxylic acids is 1. The molecule has 1 aromatic heterocycles. The highest BCUT2D eigenvalue weighted by atomic mass is 32.2. The number of thioether (sulfide) groups is 1. The first-order valence-electron chi connectivity index (χ1n) is 5.74. The molecule has 100 valence electrons. The van der Waals surface area contributed by atoms with Crippen molar-refractivity contribution in [3.63, 3.8) is 0 Å². The van der Waals surface area contributed by atoms with Gasteiger partial charge in [-0.05, 0) is 11.6 Å². The number of methoxy groups -OCH3 is 1. The summed E-state index contributed by atoms with van der Waals surface area (Å²) in [5.74, 6) is 0.404. The minimum atomic E-state index is 0.00658. The summed E-state index contributed by atoms with van der Waals surface area (Å²) >= 11 is 1.43. The van der Waals surface area contributed by atoms with Crippen LogP contribution >= 0.6 is 11.8 Å². The molecular weight excluding hydrogens is 250 g/mol. The van der Waals surface area contributed by atoms with E-state index in [9.17, 15) is 4.79 Å². The van der Waals surface area contributed by atoms with Gasteiger partial charge >= 0.3 is 0 Å². The van der Waals surface area contributed by atoms with Gasteiger partial charge in [-0.3, -0.25) is 4.79 Å². The third kappa shape index (κ3) is 6.00. The number of amides is 1. The van der Waals surface area contributed by atoms with Crippen LogP contribution in [0.15, 0.2) is 23.4 Å². The van der Waals surface area contributed by atoms with Gasteiger partial charge in [-0.1, -0.05) is 17.8 Å². The van der Waals surface area contributed by atoms with Crippen molar-refractivity contribution in [3.8, 4) is 0 Å². The Balaban J connectivity index is 2.31. The highest BCUT2D eigenvalue weighted by Crippen LogP contribution is 2.14. The second-order valence-corrected chi connectivity index (χ2v) is 4.63.